The summed E-state index contributed by atoms with van der Waals surface area (Å²) in [5.74, 6) is 1.37. The van der Waals surface area contributed by atoms with Gasteiger partial charge in [0.1, 0.15) is 0 Å². The number of nitrogens with one attached hydrogen (secondary N) is 1. The third kappa shape index (κ3) is 2.30. The smallest absolute Gasteiger partial charge is 0.0597 e. The third-order valence-corrected chi connectivity index (χ3v) is 4.16. The predicted octanol–water partition coefficient (Wildman–Crippen LogP) is 2.79. The van der Waals surface area contributed by atoms with Crippen LogP contribution < -0.4 is 5.32 Å². The number of nitrogens with zero attached hydrogens (tertiary/aromatic N) is 2. The fourth-order valence-corrected chi connectivity index (χ4v) is 3.17. The van der Waals surface area contributed by atoms with Crippen molar-refractivity contribution in [2.24, 2.45) is 13.0 Å². The molecule has 1 heterocycles. The topological polar surface area (TPSA) is 29.9 Å². The molecule has 0 saturated heterocycles. The van der Waals surface area contributed by atoms with Crippen molar-refractivity contribution in [1.29, 1.82) is 0 Å². The number of aromatic nitrogens is 2. The molecule has 1 saturated carbocycles. The van der Waals surface area contributed by atoms with Crippen molar-refractivity contribution in [3.63, 3.8) is 0 Å². The van der Waals surface area contributed by atoms with Crippen LogP contribution in [0.4, 0.5) is 0 Å². The quantitative estimate of drug-likeness (QED) is 0.910. The van der Waals surface area contributed by atoms with Crippen molar-refractivity contribution in [3.8, 4) is 0 Å². The third-order valence-electron chi connectivity index (χ3n) is 4.16. The molecule has 3 atom stereocenters. The summed E-state index contributed by atoms with van der Waals surface area (Å²) >= 11 is 0. The zero-order valence-electron chi connectivity index (χ0n) is 11.8. The Balaban J connectivity index is 1.81. The van der Waals surface area contributed by atoms with Crippen molar-refractivity contribution < 1.29 is 0 Å². The van der Waals surface area contributed by atoms with Crippen LogP contribution in [0.3, 0.4) is 0 Å². The summed E-state index contributed by atoms with van der Waals surface area (Å²) in [6, 6.07) is 13.4. The molecule has 0 aliphatic heterocycles. The molecule has 3 unspecified atom stereocenters. The van der Waals surface area contributed by atoms with Crippen LogP contribution in [-0.4, -0.2) is 16.8 Å². The number of aryl methyl sites for hydroxylation is 2. The Kier molecular flexibility index (Phi) is 3.15. The maximum Gasteiger partial charge on any atom is 0.0597 e. The zero-order chi connectivity index (χ0) is 13.4. The minimum Gasteiger partial charge on any atom is -0.311 e. The van der Waals surface area contributed by atoms with Crippen LogP contribution in [0.15, 0.2) is 36.4 Å². The minimum atomic E-state index is 0.399. The summed E-state index contributed by atoms with van der Waals surface area (Å²) in [6.45, 7) is 2.05. The first-order chi connectivity index (χ1) is 9.20. The Morgan fingerprint density at radius 2 is 2.05 bits per heavy atom. The maximum atomic E-state index is 4.46. The fourth-order valence-electron chi connectivity index (χ4n) is 3.17. The van der Waals surface area contributed by atoms with Crippen molar-refractivity contribution in [1.82, 2.24) is 15.1 Å². The lowest BCUT2D eigenvalue weighted by atomic mass is 10.0. The highest BCUT2D eigenvalue weighted by Gasteiger charge is 2.44. The molecule has 1 aliphatic rings. The van der Waals surface area contributed by atoms with Gasteiger partial charge in [-0.25, -0.2) is 0 Å². The van der Waals surface area contributed by atoms with E-state index in [1.54, 1.807) is 0 Å². The number of hydrogen-bond donors (Lipinski definition) is 1. The molecule has 0 amide bonds. The SMILES string of the molecule is CNC(c1cc(C)nn1C)C1CC1c1ccccc1. The largest absolute Gasteiger partial charge is 0.311 e. The number of benzene rings is 1. The van der Waals surface area contributed by atoms with Gasteiger partial charge in [-0.3, -0.25) is 4.68 Å². The van der Waals surface area contributed by atoms with E-state index in [1.165, 1.54) is 17.7 Å². The van der Waals surface area contributed by atoms with Crippen LogP contribution in [0.1, 0.15) is 35.3 Å². The van der Waals surface area contributed by atoms with Gasteiger partial charge < -0.3 is 5.32 Å². The molecular weight excluding hydrogens is 234 g/mol. The summed E-state index contributed by atoms with van der Waals surface area (Å²) in [5, 5.41) is 7.94. The molecule has 1 N–H and O–H groups in total. The zero-order valence-corrected chi connectivity index (χ0v) is 11.8. The lowest BCUT2D eigenvalue weighted by Gasteiger charge is -2.16. The molecule has 0 spiro atoms. The minimum absolute atomic E-state index is 0.399. The molecule has 100 valence electrons. The van der Waals surface area contributed by atoms with E-state index in [2.05, 4.69) is 53.7 Å². The lowest BCUT2D eigenvalue weighted by Crippen LogP contribution is -2.21. The van der Waals surface area contributed by atoms with Crippen LogP contribution in [0, 0.1) is 12.8 Å². The monoisotopic (exact) mass is 255 g/mol. The number of hydrogen-bond acceptors (Lipinski definition) is 2. The van der Waals surface area contributed by atoms with Gasteiger partial charge in [0, 0.05) is 7.05 Å². The average molecular weight is 255 g/mol. The Morgan fingerprint density at radius 1 is 1.32 bits per heavy atom. The van der Waals surface area contributed by atoms with Gasteiger partial charge in [-0.2, -0.15) is 5.10 Å². The second-order valence-corrected chi connectivity index (χ2v) is 5.52. The van der Waals surface area contributed by atoms with E-state index < -0.39 is 0 Å². The van der Waals surface area contributed by atoms with Gasteiger partial charge >= 0.3 is 0 Å². The van der Waals surface area contributed by atoms with Gasteiger partial charge in [-0.15, -0.1) is 0 Å². The van der Waals surface area contributed by atoms with Crippen LogP contribution in [0.5, 0.6) is 0 Å². The second kappa shape index (κ2) is 4.82. The molecule has 1 aliphatic carbocycles. The van der Waals surface area contributed by atoms with Crippen LogP contribution in [0.2, 0.25) is 0 Å². The van der Waals surface area contributed by atoms with Crippen molar-refractivity contribution in [2.75, 3.05) is 7.05 Å². The van der Waals surface area contributed by atoms with Crippen molar-refractivity contribution in [2.45, 2.75) is 25.3 Å². The molecule has 3 rings (SSSR count). The van der Waals surface area contributed by atoms with E-state index in [1.807, 2.05) is 18.8 Å². The van der Waals surface area contributed by atoms with Crippen molar-refractivity contribution >= 4 is 0 Å². The van der Waals surface area contributed by atoms with Gasteiger partial charge in [0.15, 0.2) is 0 Å². The summed E-state index contributed by atoms with van der Waals surface area (Å²) in [5.41, 5.74) is 3.85. The van der Waals surface area contributed by atoms with E-state index in [0.717, 1.165) is 5.69 Å². The van der Waals surface area contributed by atoms with E-state index in [-0.39, 0.29) is 0 Å². The van der Waals surface area contributed by atoms with Gasteiger partial charge in [-0.1, -0.05) is 30.3 Å². The molecule has 1 fully saturated rings. The van der Waals surface area contributed by atoms with E-state index >= 15 is 0 Å². The summed E-state index contributed by atoms with van der Waals surface area (Å²) < 4.78 is 2.01. The number of rotatable bonds is 4. The second-order valence-electron chi connectivity index (χ2n) is 5.52. The molecule has 1 aromatic carbocycles. The Bertz CT molecular complexity index is 559. The summed E-state index contributed by atoms with van der Waals surface area (Å²) in [6.07, 6.45) is 1.26. The van der Waals surface area contributed by atoms with Gasteiger partial charge in [0.25, 0.3) is 0 Å². The summed E-state index contributed by atoms with van der Waals surface area (Å²) in [4.78, 5) is 0. The molecule has 19 heavy (non-hydrogen) atoms. The maximum absolute atomic E-state index is 4.46. The van der Waals surface area contributed by atoms with E-state index in [0.29, 0.717) is 17.9 Å². The Labute approximate surface area is 114 Å². The van der Waals surface area contributed by atoms with Crippen LogP contribution >= 0.6 is 0 Å². The highest BCUT2D eigenvalue weighted by Crippen LogP contribution is 2.53. The average Bonchev–Trinajstić information content (AvgIpc) is 3.12. The van der Waals surface area contributed by atoms with Gasteiger partial charge in [0.2, 0.25) is 0 Å². The van der Waals surface area contributed by atoms with Crippen molar-refractivity contribution in [3.05, 3.63) is 53.3 Å². The van der Waals surface area contributed by atoms with Gasteiger partial charge in [-0.05, 0) is 43.9 Å². The molecule has 0 bridgehead atoms. The van der Waals surface area contributed by atoms with E-state index in [4.69, 9.17) is 0 Å². The lowest BCUT2D eigenvalue weighted by molar-refractivity contribution is 0.479. The first-order valence-electron chi connectivity index (χ1n) is 6.93. The standard InChI is InChI=1S/C16H21N3/c1-11-9-15(19(3)18-11)16(17-2)14-10-13(14)12-7-5-4-6-8-12/h4-9,13-14,16-17H,10H2,1-3H3. The Morgan fingerprint density at radius 3 is 2.63 bits per heavy atom. The molecule has 3 nitrogen and oxygen atoms in total. The highest BCUT2D eigenvalue weighted by atomic mass is 15.3. The molecule has 1 aromatic heterocycles. The van der Waals surface area contributed by atoms with Crippen LogP contribution in [-0.2, 0) is 7.05 Å². The first-order valence-corrected chi connectivity index (χ1v) is 6.93. The molecule has 3 heteroatoms. The normalized spacial score (nSPS) is 23.3. The highest BCUT2D eigenvalue weighted by molar-refractivity contribution is 5.29. The molecular formula is C16H21N3. The fraction of sp³-hybridized carbons (Fsp3) is 0.438. The predicted molar refractivity (Wildman–Crippen MR) is 77.0 cm³/mol. The first kappa shape index (κ1) is 12.4. The van der Waals surface area contributed by atoms with Gasteiger partial charge in [0.05, 0.1) is 17.4 Å². The Hall–Kier alpha value is -1.61. The summed E-state index contributed by atoms with van der Waals surface area (Å²) in [7, 11) is 4.08. The molecule has 0 radical (unpaired) electrons. The molecule has 2 aromatic rings. The van der Waals surface area contributed by atoms with Crippen LogP contribution in [0.25, 0.3) is 0 Å². The van der Waals surface area contributed by atoms with E-state index in [9.17, 15) is 0 Å².